The zero-order valence-electron chi connectivity index (χ0n) is 16.0. The third-order valence-corrected chi connectivity index (χ3v) is 4.15. The Morgan fingerprint density at radius 1 is 1.11 bits per heavy atom. The van der Waals surface area contributed by atoms with Crippen molar-refractivity contribution in [2.45, 2.75) is 26.3 Å². The third kappa shape index (κ3) is 5.48. The Bertz CT molecular complexity index is 837. The van der Waals surface area contributed by atoms with Crippen molar-refractivity contribution in [3.8, 4) is 11.3 Å². The molecule has 0 radical (unpaired) electrons. The van der Waals surface area contributed by atoms with Crippen LogP contribution in [0.4, 0.5) is 0 Å². The van der Waals surface area contributed by atoms with E-state index in [2.05, 4.69) is 34.8 Å². The standard InChI is InChI=1S/C21H27N5O/c1-3-12-22-21(23-13-11-19-10-7-14-27-19)24-15-18-16-26(2)25-20(18)17-8-5-4-6-9-17/h4-10,14,16H,3,11-13,15H2,1-2H3,(H2,22,23,24). The van der Waals surface area contributed by atoms with E-state index in [4.69, 9.17) is 9.41 Å². The smallest absolute Gasteiger partial charge is 0.191 e. The first-order valence-electron chi connectivity index (χ1n) is 9.38. The molecule has 27 heavy (non-hydrogen) atoms. The number of aliphatic imine (C=N–C) groups is 1. The van der Waals surface area contributed by atoms with E-state index < -0.39 is 0 Å². The average Bonchev–Trinajstić information content (AvgIpc) is 3.33. The largest absolute Gasteiger partial charge is 0.469 e. The van der Waals surface area contributed by atoms with Crippen LogP contribution in [0.1, 0.15) is 24.7 Å². The van der Waals surface area contributed by atoms with E-state index in [1.807, 2.05) is 48.3 Å². The maximum absolute atomic E-state index is 5.38. The fourth-order valence-electron chi connectivity index (χ4n) is 2.83. The minimum absolute atomic E-state index is 0.567. The van der Waals surface area contributed by atoms with Gasteiger partial charge >= 0.3 is 0 Å². The van der Waals surface area contributed by atoms with Gasteiger partial charge in [0.15, 0.2) is 5.96 Å². The minimum atomic E-state index is 0.567. The van der Waals surface area contributed by atoms with Crippen LogP contribution in [-0.4, -0.2) is 28.8 Å². The molecule has 1 aromatic carbocycles. The Morgan fingerprint density at radius 3 is 2.67 bits per heavy atom. The van der Waals surface area contributed by atoms with Gasteiger partial charge in [0.05, 0.1) is 18.5 Å². The number of aryl methyl sites for hydroxylation is 1. The molecule has 0 saturated heterocycles. The second kappa shape index (κ2) is 9.62. The molecule has 2 aromatic heterocycles. The molecular weight excluding hydrogens is 338 g/mol. The van der Waals surface area contributed by atoms with E-state index in [-0.39, 0.29) is 0 Å². The van der Waals surface area contributed by atoms with E-state index in [9.17, 15) is 0 Å². The number of aromatic nitrogens is 2. The van der Waals surface area contributed by atoms with Crippen molar-refractivity contribution in [3.63, 3.8) is 0 Å². The van der Waals surface area contributed by atoms with E-state index in [1.165, 1.54) is 0 Å². The molecule has 0 aliphatic rings. The van der Waals surface area contributed by atoms with Crippen LogP contribution in [0.25, 0.3) is 11.3 Å². The number of hydrogen-bond acceptors (Lipinski definition) is 3. The molecular formula is C21H27N5O. The molecule has 2 N–H and O–H groups in total. The molecule has 2 heterocycles. The van der Waals surface area contributed by atoms with Crippen molar-refractivity contribution in [3.05, 3.63) is 66.2 Å². The zero-order valence-corrected chi connectivity index (χ0v) is 16.0. The quantitative estimate of drug-likeness (QED) is 0.474. The highest BCUT2D eigenvalue weighted by Crippen LogP contribution is 2.22. The lowest BCUT2D eigenvalue weighted by Gasteiger charge is -2.11. The Morgan fingerprint density at radius 2 is 1.93 bits per heavy atom. The summed E-state index contributed by atoms with van der Waals surface area (Å²) >= 11 is 0. The number of rotatable bonds is 8. The molecule has 0 fully saturated rings. The lowest BCUT2D eigenvalue weighted by atomic mass is 10.1. The fraction of sp³-hybridized carbons (Fsp3) is 0.333. The predicted octanol–water partition coefficient (Wildman–Crippen LogP) is 3.37. The Balaban J connectivity index is 1.68. The molecule has 0 spiro atoms. The highest BCUT2D eigenvalue weighted by Gasteiger charge is 2.10. The third-order valence-electron chi connectivity index (χ3n) is 4.15. The normalized spacial score (nSPS) is 11.6. The lowest BCUT2D eigenvalue weighted by molar-refractivity contribution is 0.506. The molecule has 0 bridgehead atoms. The summed E-state index contributed by atoms with van der Waals surface area (Å²) in [6.45, 7) is 4.35. The van der Waals surface area contributed by atoms with Gasteiger partial charge in [-0.2, -0.15) is 5.10 Å². The molecule has 0 atom stereocenters. The summed E-state index contributed by atoms with van der Waals surface area (Å²) in [5, 5.41) is 11.4. The second-order valence-corrected chi connectivity index (χ2v) is 6.39. The molecule has 0 saturated carbocycles. The van der Waals surface area contributed by atoms with Gasteiger partial charge in [-0.05, 0) is 18.6 Å². The number of guanidine groups is 1. The van der Waals surface area contributed by atoms with E-state index >= 15 is 0 Å². The molecule has 3 aromatic rings. The first-order chi connectivity index (χ1) is 13.3. The van der Waals surface area contributed by atoms with Gasteiger partial charge in [-0.25, -0.2) is 4.99 Å². The monoisotopic (exact) mass is 365 g/mol. The topological polar surface area (TPSA) is 67.4 Å². The van der Waals surface area contributed by atoms with Crippen LogP contribution >= 0.6 is 0 Å². The van der Waals surface area contributed by atoms with E-state index in [0.29, 0.717) is 6.54 Å². The molecule has 0 unspecified atom stereocenters. The number of hydrogen-bond donors (Lipinski definition) is 2. The molecule has 3 rings (SSSR count). The van der Waals surface area contributed by atoms with Crippen molar-refractivity contribution in [1.82, 2.24) is 20.4 Å². The molecule has 0 aliphatic carbocycles. The van der Waals surface area contributed by atoms with Gasteiger partial charge in [0.25, 0.3) is 0 Å². The van der Waals surface area contributed by atoms with Crippen molar-refractivity contribution in [2.24, 2.45) is 12.0 Å². The highest BCUT2D eigenvalue weighted by molar-refractivity contribution is 5.80. The van der Waals surface area contributed by atoms with Crippen molar-refractivity contribution >= 4 is 5.96 Å². The summed E-state index contributed by atoms with van der Waals surface area (Å²) in [6, 6.07) is 14.1. The summed E-state index contributed by atoms with van der Waals surface area (Å²) in [5.41, 5.74) is 3.19. The van der Waals surface area contributed by atoms with Crippen LogP contribution in [-0.2, 0) is 20.0 Å². The van der Waals surface area contributed by atoms with E-state index in [1.54, 1.807) is 6.26 Å². The summed E-state index contributed by atoms with van der Waals surface area (Å²) in [7, 11) is 1.94. The Hall–Kier alpha value is -3.02. The van der Waals surface area contributed by atoms with Crippen LogP contribution in [0.2, 0.25) is 0 Å². The predicted molar refractivity (Wildman–Crippen MR) is 108 cm³/mol. The van der Waals surface area contributed by atoms with Crippen LogP contribution in [0, 0.1) is 0 Å². The SMILES string of the molecule is CCCNC(=NCc1cn(C)nc1-c1ccccc1)NCCc1ccco1. The molecule has 6 heteroatoms. The van der Waals surface area contributed by atoms with Crippen molar-refractivity contribution in [2.75, 3.05) is 13.1 Å². The van der Waals surface area contributed by atoms with Crippen LogP contribution in [0.3, 0.4) is 0 Å². The highest BCUT2D eigenvalue weighted by atomic mass is 16.3. The molecule has 6 nitrogen and oxygen atoms in total. The van der Waals surface area contributed by atoms with Gasteiger partial charge in [0.2, 0.25) is 0 Å². The second-order valence-electron chi connectivity index (χ2n) is 6.39. The van der Waals surface area contributed by atoms with Gasteiger partial charge < -0.3 is 15.1 Å². The molecule has 0 aliphatic heterocycles. The Labute approximate surface area is 160 Å². The molecule has 0 amide bonds. The van der Waals surface area contributed by atoms with Crippen LogP contribution < -0.4 is 10.6 Å². The maximum atomic E-state index is 5.38. The fourth-order valence-corrected chi connectivity index (χ4v) is 2.83. The van der Waals surface area contributed by atoms with Crippen LogP contribution in [0.15, 0.2) is 64.3 Å². The van der Waals surface area contributed by atoms with Crippen molar-refractivity contribution in [1.29, 1.82) is 0 Å². The number of benzene rings is 1. The first-order valence-corrected chi connectivity index (χ1v) is 9.38. The van der Waals surface area contributed by atoms with Crippen molar-refractivity contribution < 1.29 is 4.42 Å². The summed E-state index contributed by atoms with van der Waals surface area (Å²) in [5.74, 6) is 1.78. The average molecular weight is 365 g/mol. The lowest BCUT2D eigenvalue weighted by Crippen LogP contribution is -2.38. The summed E-state index contributed by atoms with van der Waals surface area (Å²) in [6.07, 6.45) is 5.60. The summed E-state index contributed by atoms with van der Waals surface area (Å²) < 4.78 is 7.23. The number of nitrogens with zero attached hydrogens (tertiary/aromatic N) is 3. The minimum Gasteiger partial charge on any atom is -0.469 e. The first kappa shape index (κ1) is 18.8. The van der Waals surface area contributed by atoms with Gasteiger partial charge in [-0.3, -0.25) is 4.68 Å². The zero-order chi connectivity index (χ0) is 18.9. The number of nitrogens with one attached hydrogen (secondary N) is 2. The summed E-state index contributed by atoms with van der Waals surface area (Å²) in [4.78, 5) is 4.76. The van der Waals surface area contributed by atoms with Gasteiger partial charge in [0, 0.05) is 43.9 Å². The number of furan rings is 1. The Kier molecular flexibility index (Phi) is 6.68. The van der Waals surface area contributed by atoms with E-state index in [0.717, 1.165) is 54.5 Å². The maximum Gasteiger partial charge on any atom is 0.191 e. The van der Waals surface area contributed by atoms with Crippen LogP contribution in [0.5, 0.6) is 0 Å². The van der Waals surface area contributed by atoms with Gasteiger partial charge in [-0.1, -0.05) is 37.3 Å². The van der Waals surface area contributed by atoms with Gasteiger partial charge in [-0.15, -0.1) is 0 Å². The molecule has 142 valence electrons. The van der Waals surface area contributed by atoms with Gasteiger partial charge in [0.1, 0.15) is 5.76 Å².